The lowest BCUT2D eigenvalue weighted by molar-refractivity contribution is 0.0982. The van der Waals surface area contributed by atoms with Gasteiger partial charge in [-0.3, -0.25) is 9.59 Å². The maximum absolute atomic E-state index is 11.3. The number of allylic oxidation sites excluding steroid dienone is 2. The van der Waals surface area contributed by atoms with E-state index >= 15 is 0 Å². The van der Waals surface area contributed by atoms with E-state index in [0.717, 1.165) is 0 Å². The molecule has 1 N–H and O–H groups in total. The number of H-pyrrole nitrogens is 1. The molecule has 1 aliphatic carbocycles. The van der Waals surface area contributed by atoms with Crippen LogP contribution in [0.5, 0.6) is 0 Å². The first-order chi connectivity index (χ1) is 6.13. The Morgan fingerprint density at radius 1 is 1.15 bits per heavy atom. The Balaban J connectivity index is 2.71. The van der Waals surface area contributed by atoms with Gasteiger partial charge in [-0.1, -0.05) is 23.2 Å². The van der Waals surface area contributed by atoms with Crippen molar-refractivity contribution in [2.45, 2.75) is 0 Å². The minimum atomic E-state index is -0.525. The molecule has 1 heterocycles. The summed E-state index contributed by atoms with van der Waals surface area (Å²) >= 11 is 11.0. The molecule has 0 bridgehead atoms. The number of hydrogen-bond donors (Lipinski definition) is 1. The van der Waals surface area contributed by atoms with Gasteiger partial charge in [-0.25, -0.2) is 4.98 Å². The lowest BCUT2D eigenvalue weighted by Gasteiger charge is -2.07. The van der Waals surface area contributed by atoms with E-state index in [1.165, 1.54) is 6.33 Å². The molecule has 13 heavy (non-hydrogen) atoms. The molecule has 0 fully saturated rings. The first-order valence-electron chi connectivity index (χ1n) is 3.31. The Morgan fingerprint density at radius 2 is 1.77 bits per heavy atom. The normalized spacial score (nSPS) is 16.5. The SMILES string of the molecule is O=C1C(Cl)=C(Cl)C(=O)c2[nH]cnc21. The maximum atomic E-state index is 11.3. The van der Waals surface area contributed by atoms with E-state index in [9.17, 15) is 9.59 Å². The van der Waals surface area contributed by atoms with Crippen LogP contribution in [-0.2, 0) is 0 Å². The maximum Gasteiger partial charge on any atom is 0.226 e. The number of aromatic amines is 1. The molecule has 0 aromatic carbocycles. The van der Waals surface area contributed by atoms with Crippen LogP contribution in [0.3, 0.4) is 0 Å². The number of imidazole rings is 1. The summed E-state index contributed by atoms with van der Waals surface area (Å²) in [6, 6.07) is 0. The molecule has 6 heteroatoms. The van der Waals surface area contributed by atoms with E-state index in [0.29, 0.717) is 0 Å². The average Bonchev–Trinajstić information content (AvgIpc) is 2.59. The molecule has 0 amide bonds. The van der Waals surface area contributed by atoms with Gasteiger partial charge in [0.1, 0.15) is 21.5 Å². The summed E-state index contributed by atoms with van der Waals surface area (Å²) in [6.45, 7) is 0. The van der Waals surface area contributed by atoms with Gasteiger partial charge >= 0.3 is 0 Å². The van der Waals surface area contributed by atoms with Crippen LogP contribution in [0.4, 0.5) is 0 Å². The Bertz CT molecular complexity index is 409. The predicted octanol–water partition coefficient (Wildman–Crippen LogP) is 1.48. The zero-order chi connectivity index (χ0) is 9.59. The van der Waals surface area contributed by atoms with E-state index in [1.807, 2.05) is 0 Å². The Hall–Kier alpha value is -1.13. The molecule has 0 atom stereocenters. The quantitative estimate of drug-likeness (QED) is 0.715. The Kier molecular flexibility index (Phi) is 1.75. The minimum Gasteiger partial charge on any atom is -0.341 e. The number of fused-ring (bicyclic) bond motifs is 1. The molecule has 0 saturated heterocycles. The zero-order valence-electron chi connectivity index (χ0n) is 6.10. The van der Waals surface area contributed by atoms with Crippen molar-refractivity contribution < 1.29 is 9.59 Å². The van der Waals surface area contributed by atoms with Crippen LogP contribution in [0.2, 0.25) is 0 Å². The number of Topliss-reactive ketones (excluding diaryl/α,β-unsaturated/α-hetero) is 2. The van der Waals surface area contributed by atoms with Gasteiger partial charge in [0.15, 0.2) is 0 Å². The van der Waals surface area contributed by atoms with Gasteiger partial charge in [0, 0.05) is 0 Å². The van der Waals surface area contributed by atoms with Crippen LogP contribution in [0.1, 0.15) is 21.0 Å². The molecular formula is C7H2Cl2N2O2. The van der Waals surface area contributed by atoms with Crippen LogP contribution >= 0.6 is 23.2 Å². The fourth-order valence-electron chi connectivity index (χ4n) is 1.05. The number of aromatic nitrogens is 2. The largest absolute Gasteiger partial charge is 0.341 e. The van der Waals surface area contributed by atoms with Crippen LogP contribution < -0.4 is 0 Å². The predicted molar refractivity (Wildman–Crippen MR) is 46.0 cm³/mol. The van der Waals surface area contributed by atoms with Crippen molar-refractivity contribution in [2.75, 3.05) is 0 Å². The molecule has 0 aliphatic heterocycles. The molecule has 0 spiro atoms. The second-order valence-corrected chi connectivity index (χ2v) is 3.17. The van der Waals surface area contributed by atoms with E-state index in [1.54, 1.807) is 0 Å². The monoisotopic (exact) mass is 216 g/mol. The summed E-state index contributed by atoms with van der Waals surface area (Å²) in [6.07, 6.45) is 1.25. The standard InChI is InChI=1S/C7H2Cl2N2O2/c8-2-3(9)7(13)5-4(6(2)12)10-1-11-5/h1H,(H,10,11). The smallest absolute Gasteiger partial charge is 0.226 e. The molecule has 0 unspecified atom stereocenters. The summed E-state index contributed by atoms with van der Waals surface area (Å²) < 4.78 is 0. The van der Waals surface area contributed by atoms with E-state index in [2.05, 4.69) is 9.97 Å². The topological polar surface area (TPSA) is 62.8 Å². The van der Waals surface area contributed by atoms with Crippen molar-refractivity contribution in [2.24, 2.45) is 0 Å². The highest BCUT2D eigenvalue weighted by Gasteiger charge is 2.32. The number of ketones is 2. The lowest BCUT2D eigenvalue weighted by Crippen LogP contribution is -2.17. The third kappa shape index (κ3) is 1.03. The fourth-order valence-corrected chi connectivity index (χ4v) is 1.41. The van der Waals surface area contributed by atoms with Crippen molar-refractivity contribution >= 4 is 34.8 Å². The molecule has 1 aromatic rings. The first kappa shape index (κ1) is 8.47. The number of carbonyl (C=O) groups excluding carboxylic acids is 2. The van der Waals surface area contributed by atoms with Gasteiger partial charge in [0.2, 0.25) is 11.6 Å². The van der Waals surface area contributed by atoms with Crippen molar-refractivity contribution in [3.05, 3.63) is 27.8 Å². The van der Waals surface area contributed by atoms with Crippen molar-refractivity contribution in [1.82, 2.24) is 9.97 Å². The number of nitrogens with one attached hydrogen (secondary N) is 1. The minimum absolute atomic E-state index is 0.0272. The molecule has 66 valence electrons. The molecule has 1 aromatic heterocycles. The number of carbonyl (C=O) groups is 2. The molecular weight excluding hydrogens is 215 g/mol. The van der Waals surface area contributed by atoms with E-state index < -0.39 is 11.6 Å². The van der Waals surface area contributed by atoms with E-state index in [4.69, 9.17) is 23.2 Å². The first-order valence-corrected chi connectivity index (χ1v) is 4.06. The summed E-state index contributed by atoms with van der Waals surface area (Å²) in [5.41, 5.74) is 0.124. The Labute approximate surface area is 82.6 Å². The third-order valence-corrected chi connectivity index (χ3v) is 2.49. The highest BCUT2D eigenvalue weighted by atomic mass is 35.5. The van der Waals surface area contributed by atoms with Gasteiger partial charge in [-0.15, -0.1) is 0 Å². The third-order valence-electron chi connectivity index (χ3n) is 1.67. The second kappa shape index (κ2) is 2.68. The summed E-state index contributed by atoms with van der Waals surface area (Å²) in [7, 11) is 0. The number of rotatable bonds is 0. The van der Waals surface area contributed by atoms with Crippen LogP contribution in [0.15, 0.2) is 16.4 Å². The molecule has 0 saturated carbocycles. The number of halogens is 2. The number of hydrogen-bond acceptors (Lipinski definition) is 3. The average molecular weight is 217 g/mol. The number of nitrogens with zero attached hydrogens (tertiary/aromatic N) is 1. The zero-order valence-corrected chi connectivity index (χ0v) is 7.61. The summed E-state index contributed by atoms with van der Waals surface area (Å²) in [5, 5.41) is -0.533. The van der Waals surface area contributed by atoms with Crippen molar-refractivity contribution in [3.63, 3.8) is 0 Å². The van der Waals surface area contributed by atoms with E-state index in [-0.39, 0.29) is 21.5 Å². The van der Waals surface area contributed by atoms with Crippen LogP contribution in [-0.4, -0.2) is 21.5 Å². The molecule has 1 aliphatic rings. The van der Waals surface area contributed by atoms with Crippen molar-refractivity contribution in [3.8, 4) is 0 Å². The molecule has 2 rings (SSSR count). The van der Waals surface area contributed by atoms with Gasteiger partial charge in [-0.2, -0.15) is 0 Å². The van der Waals surface area contributed by atoms with Gasteiger partial charge in [0.05, 0.1) is 6.33 Å². The van der Waals surface area contributed by atoms with Crippen molar-refractivity contribution in [1.29, 1.82) is 0 Å². The Morgan fingerprint density at radius 3 is 2.46 bits per heavy atom. The lowest BCUT2D eigenvalue weighted by atomic mass is 10.1. The van der Waals surface area contributed by atoms with Crippen LogP contribution in [0.25, 0.3) is 0 Å². The van der Waals surface area contributed by atoms with Crippen LogP contribution in [0, 0.1) is 0 Å². The van der Waals surface area contributed by atoms with Gasteiger partial charge in [-0.05, 0) is 0 Å². The van der Waals surface area contributed by atoms with Gasteiger partial charge < -0.3 is 4.98 Å². The summed E-state index contributed by atoms with van der Waals surface area (Å²) in [4.78, 5) is 28.9. The summed E-state index contributed by atoms with van der Waals surface area (Å²) in [5.74, 6) is -1.03. The highest BCUT2D eigenvalue weighted by Crippen LogP contribution is 2.28. The molecule has 0 radical (unpaired) electrons. The fraction of sp³-hybridized carbons (Fsp3) is 0. The second-order valence-electron chi connectivity index (χ2n) is 2.41. The van der Waals surface area contributed by atoms with Gasteiger partial charge in [0.25, 0.3) is 0 Å². The highest BCUT2D eigenvalue weighted by molar-refractivity contribution is 6.59. The molecule has 4 nitrogen and oxygen atoms in total.